The van der Waals surface area contributed by atoms with Gasteiger partial charge in [0.1, 0.15) is 0 Å². The zero-order valence-electron chi connectivity index (χ0n) is 11.5. The molecule has 2 N–H and O–H groups in total. The molecule has 1 unspecified atom stereocenters. The first-order valence-electron chi connectivity index (χ1n) is 6.67. The number of hydrogen-bond donors (Lipinski definition) is 1. The summed E-state index contributed by atoms with van der Waals surface area (Å²) in [4.78, 5) is 0. The monoisotopic (exact) mass is 280 g/mol. The maximum absolute atomic E-state index is 6.10. The molecule has 0 amide bonds. The van der Waals surface area contributed by atoms with Crippen LogP contribution in [0.2, 0.25) is 5.02 Å². The van der Waals surface area contributed by atoms with Crippen LogP contribution >= 0.6 is 11.6 Å². The van der Waals surface area contributed by atoms with E-state index in [2.05, 4.69) is 23.8 Å². The number of fused-ring (bicyclic) bond motifs is 1. The Morgan fingerprint density at radius 2 is 2.21 bits per heavy atom. The predicted octanol–water partition coefficient (Wildman–Crippen LogP) is 3.22. The van der Waals surface area contributed by atoms with Crippen molar-refractivity contribution in [2.75, 3.05) is 13.7 Å². The molecule has 0 aliphatic heterocycles. The fourth-order valence-electron chi connectivity index (χ4n) is 2.31. The Hall–Kier alpha value is -1.03. The van der Waals surface area contributed by atoms with Crippen LogP contribution in [-0.4, -0.2) is 24.3 Å². The van der Waals surface area contributed by atoms with Crippen LogP contribution in [0.5, 0.6) is 0 Å². The number of rotatable bonds is 6. The van der Waals surface area contributed by atoms with Gasteiger partial charge in [0.15, 0.2) is 0 Å². The van der Waals surface area contributed by atoms with Gasteiger partial charge in [-0.1, -0.05) is 24.6 Å². The first-order valence-corrected chi connectivity index (χ1v) is 7.05. The van der Waals surface area contributed by atoms with Crippen molar-refractivity contribution < 1.29 is 4.74 Å². The molecule has 1 aromatic heterocycles. The smallest absolute Gasteiger partial charge is 0.0641 e. The van der Waals surface area contributed by atoms with E-state index in [0.717, 1.165) is 29.9 Å². The van der Waals surface area contributed by atoms with Gasteiger partial charge in [-0.3, -0.25) is 0 Å². The Labute approximate surface area is 119 Å². The second kappa shape index (κ2) is 6.42. The molecule has 1 atom stereocenters. The third kappa shape index (κ3) is 3.30. The summed E-state index contributed by atoms with van der Waals surface area (Å²) < 4.78 is 7.35. The van der Waals surface area contributed by atoms with Crippen molar-refractivity contribution in [1.82, 2.24) is 4.57 Å². The van der Waals surface area contributed by atoms with Crippen LogP contribution in [0.3, 0.4) is 0 Å². The summed E-state index contributed by atoms with van der Waals surface area (Å²) in [6.45, 7) is 3.63. The molecule has 0 saturated heterocycles. The lowest BCUT2D eigenvalue weighted by Crippen LogP contribution is -2.21. The Morgan fingerprint density at radius 1 is 1.42 bits per heavy atom. The van der Waals surface area contributed by atoms with Crippen molar-refractivity contribution >= 4 is 22.5 Å². The highest BCUT2D eigenvalue weighted by Gasteiger charge is 2.11. The Bertz CT molecular complexity index is 550. The summed E-state index contributed by atoms with van der Waals surface area (Å²) in [7, 11) is 1.71. The molecular formula is C15H21ClN2O. The average molecular weight is 281 g/mol. The number of aromatic nitrogens is 1. The number of methoxy groups -OCH3 is 1. The highest BCUT2D eigenvalue weighted by molar-refractivity contribution is 6.31. The molecule has 0 spiro atoms. The lowest BCUT2D eigenvalue weighted by Gasteiger charge is -2.06. The SMILES string of the molecule is CCC(N)Cc1cn(CCOC)c2cc(Cl)ccc12. The predicted molar refractivity (Wildman–Crippen MR) is 80.8 cm³/mol. The molecular weight excluding hydrogens is 260 g/mol. The molecule has 0 saturated carbocycles. The molecule has 4 heteroatoms. The van der Waals surface area contributed by atoms with Crippen LogP contribution in [0.25, 0.3) is 10.9 Å². The molecule has 2 rings (SSSR count). The van der Waals surface area contributed by atoms with E-state index < -0.39 is 0 Å². The van der Waals surface area contributed by atoms with Gasteiger partial charge >= 0.3 is 0 Å². The standard InChI is InChI=1S/C15H21ClN2O/c1-3-13(17)8-11-10-18(6-7-19-2)15-9-12(16)4-5-14(11)15/h4-5,9-10,13H,3,6-8,17H2,1-2H3. The van der Waals surface area contributed by atoms with E-state index in [0.29, 0.717) is 6.61 Å². The van der Waals surface area contributed by atoms with Crippen molar-refractivity contribution in [2.45, 2.75) is 32.4 Å². The molecule has 3 nitrogen and oxygen atoms in total. The normalized spacial score (nSPS) is 13.1. The Balaban J connectivity index is 2.40. The zero-order chi connectivity index (χ0) is 13.8. The molecule has 0 aliphatic rings. The van der Waals surface area contributed by atoms with Crippen LogP contribution in [0.4, 0.5) is 0 Å². The van der Waals surface area contributed by atoms with Gasteiger partial charge in [-0.05, 0) is 30.5 Å². The van der Waals surface area contributed by atoms with Gasteiger partial charge in [-0.25, -0.2) is 0 Å². The molecule has 0 bridgehead atoms. The summed E-state index contributed by atoms with van der Waals surface area (Å²) in [6, 6.07) is 6.23. The highest BCUT2D eigenvalue weighted by Crippen LogP contribution is 2.26. The molecule has 0 fully saturated rings. The Morgan fingerprint density at radius 3 is 2.89 bits per heavy atom. The number of nitrogens with two attached hydrogens (primary N) is 1. The minimum Gasteiger partial charge on any atom is -0.383 e. The van der Waals surface area contributed by atoms with E-state index >= 15 is 0 Å². The van der Waals surface area contributed by atoms with E-state index in [1.807, 2.05) is 12.1 Å². The third-order valence-electron chi connectivity index (χ3n) is 3.47. The lowest BCUT2D eigenvalue weighted by atomic mass is 10.0. The van der Waals surface area contributed by atoms with Crippen LogP contribution < -0.4 is 5.73 Å². The van der Waals surface area contributed by atoms with Crippen LogP contribution in [0.1, 0.15) is 18.9 Å². The second-order valence-corrected chi connectivity index (χ2v) is 5.31. The molecule has 19 heavy (non-hydrogen) atoms. The number of nitrogens with zero attached hydrogens (tertiary/aromatic N) is 1. The van der Waals surface area contributed by atoms with E-state index in [-0.39, 0.29) is 6.04 Å². The van der Waals surface area contributed by atoms with Gasteiger partial charge in [0.2, 0.25) is 0 Å². The number of benzene rings is 1. The minimum atomic E-state index is 0.206. The minimum absolute atomic E-state index is 0.206. The number of ether oxygens (including phenoxy) is 1. The van der Waals surface area contributed by atoms with Gasteiger partial charge in [-0.15, -0.1) is 0 Å². The largest absolute Gasteiger partial charge is 0.383 e. The molecule has 2 aromatic rings. The molecule has 0 aliphatic carbocycles. The van der Waals surface area contributed by atoms with E-state index in [1.54, 1.807) is 7.11 Å². The van der Waals surface area contributed by atoms with E-state index in [4.69, 9.17) is 22.1 Å². The molecule has 1 aromatic carbocycles. The maximum Gasteiger partial charge on any atom is 0.0641 e. The molecule has 0 radical (unpaired) electrons. The van der Waals surface area contributed by atoms with Gasteiger partial charge in [-0.2, -0.15) is 0 Å². The summed E-state index contributed by atoms with van der Waals surface area (Å²) in [5.41, 5.74) is 8.52. The molecule has 104 valence electrons. The number of hydrogen-bond acceptors (Lipinski definition) is 2. The fraction of sp³-hybridized carbons (Fsp3) is 0.467. The summed E-state index contributed by atoms with van der Waals surface area (Å²) in [6.07, 6.45) is 4.06. The zero-order valence-corrected chi connectivity index (χ0v) is 12.3. The van der Waals surface area contributed by atoms with Crippen molar-refractivity contribution in [3.8, 4) is 0 Å². The summed E-state index contributed by atoms with van der Waals surface area (Å²) >= 11 is 6.10. The lowest BCUT2D eigenvalue weighted by molar-refractivity contribution is 0.188. The van der Waals surface area contributed by atoms with E-state index in [9.17, 15) is 0 Å². The number of halogens is 1. The topological polar surface area (TPSA) is 40.2 Å². The van der Waals surface area contributed by atoms with Crippen LogP contribution in [0.15, 0.2) is 24.4 Å². The highest BCUT2D eigenvalue weighted by atomic mass is 35.5. The van der Waals surface area contributed by atoms with Crippen molar-refractivity contribution in [1.29, 1.82) is 0 Å². The summed E-state index contributed by atoms with van der Waals surface area (Å²) in [5, 5.41) is 2.00. The second-order valence-electron chi connectivity index (χ2n) is 4.87. The van der Waals surface area contributed by atoms with Gasteiger partial charge in [0.25, 0.3) is 0 Å². The van der Waals surface area contributed by atoms with Crippen molar-refractivity contribution in [2.24, 2.45) is 5.73 Å². The quantitative estimate of drug-likeness (QED) is 0.882. The van der Waals surface area contributed by atoms with Gasteiger partial charge in [0.05, 0.1) is 6.61 Å². The first-order chi connectivity index (χ1) is 9.15. The van der Waals surface area contributed by atoms with Crippen molar-refractivity contribution in [3.05, 3.63) is 35.0 Å². The third-order valence-corrected chi connectivity index (χ3v) is 3.70. The van der Waals surface area contributed by atoms with Crippen LogP contribution in [0, 0.1) is 0 Å². The van der Waals surface area contributed by atoms with Gasteiger partial charge in [0, 0.05) is 41.8 Å². The average Bonchev–Trinajstić information content (AvgIpc) is 2.73. The van der Waals surface area contributed by atoms with Crippen LogP contribution in [-0.2, 0) is 17.7 Å². The Kier molecular flexibility index (Phi) is 4.86. The van der Waals surface area contributed by atoms with Gasteiger partial charge < -0.3 is 15.0 Å². The first kappa shape index (κ1) is 14.4. The fourth-order valence-corrected chi connectivity index (χ4v) is 2.47. The molecule has 1 heterocycles. The maximum atomic E-state index is 6.10. The van der Waals surface area contributed by atoms with E-state index in [1.165, 1.54) is 10.9 Å². The van der Waals surface area contributed by atoms with Crippen molar-refractivity contribution in [3.63, 3.8) is 0 Å². The summed E-state index contributed by atoms with van der Waals surface area (Å²) in [5.74, 6) is 0.